The van der Waals surface area contributed by atoms with Crippen LogP contribution >= 0.6 is 22.6 Å². The molecule has 2 aromatic carbocycles. The van der Waals surface area contributed by atoms with E-state index in [1.54, 1.807) is 0 Å². The van der Waals surface area contributed by atoms with E-state index in [2.05, 4.69) is 4.98 Å². The van der Waals surface area contributed by atoms with Gasteiger partial charge in [0.25, 0.3) is 5.56 Å². The summed E-state index contributed by atoms with van der Waals surface area (Å²) in [4.78, 5) is 17.2. The molecule has 2 N–H and O–H groups in total. The lowest BCUT2D eigenvalue weighted by Crippen LogP contribution is -2.26. The summed E-state index contributed by atoms with van der Waals surface area (Å²) in [5.41, 5.74) is 5.27. The van der Waals surface area contributed by atoms with Crippen molar-refractivity contribution in [3.05, 3.63) is 67.5 Å². The molecule has 124 valence electrons. The van der Waals surface area contributed by atoms with Gasteiger partial charge in [0.05, 0.1) is 16.6 Å². The van der Waals surface area contributed by atoms with Crippen LogP contribution in [0.15, 0.2) is 35.1 Å². The quantitative estimate of drug-likeness (QED) is 0.631. The molecule has 0 amide bonds. The van der Waals surface area contributed by atoms with Crippen molar-refractivity contribution in [1.29, 1.82) is 0 Å². The standard InChI is InChI=1S/C16H11F3IN3O/c17-8-3-9(18)5-11(4-8)23-14(1-2-21)22-15-12(16(23)24)6-10(19)7-13(15)20/h3-7H,1-2,21H2. The van der Waals surface area contributed by atoms with E-state index >= 15 is 0 Å². The van der Waals surface area contributed by atoms with Gasteiger partial charge in [-0.15, -0.1) is 0 Å². The van der Waals surface area contributed by atoms with Crippen LogP contribution in [0.1, 0.15) is 5.82 Å². The fourth-order valence-corrected chi connectivity index (χ4v) is 3.20. The number of halogens is 4. The lowest BCUT2D eigenvalue weighted by molar-refractivity contribution is 0.580. The maximum atomic E-state index is 13.7. The topological polar surface area (TPSA) is 60.9 Å². The van der Waals surface area contributed by atoms with Crippen molar-refractivity contribution in [1.82, 2.24) is 9.55 Å². The van der Waals surface area contributed by atoms with Crippen LogP contribution in [0.3, 0.4) is 0 Å². The maximum Gasteiger partial charge on any atom is 0.266 e. The molecule has 3 rings (SSSR count). The molecule has 1 heterocycles. The third-order valence-corrected chi connectivity index (χ3v) is 4.26. The summed E-state index contributed by atoms with van der Waals surface area (Å²) in [5, 5.41) is 0.0323. The first kappa shape index (κ1) is 16.9. The molecular weight excluding hydrogens is 434 g/mol. The van der Waals surface area contributed by atoms with Gasteiger partial charge in [-0.25, -0.2) is 18.2 Å². The Kier molecular flexibility index (Phi) is 4.59. The minimum absolute atomic E-state index is 0.0189. The van der Waals surface area contributed by atoms with Crippen molar-refractivity contribution >= 4 is 33.5 Å². The number of hydrogen-bond acceptors (Lipinski definition) is 3. The van der Waals surface area contributed by atoms with Gasteiger partial charge in [0, 0.05) is 16.1 Å². The van der Waals surface area contributed by atoms with E-state index in [1.165, 1.54) is 6.07 Å². The zero-order valence-electron chi connectivity index (χ0n) is 12.2. The number of nitrogens with zero attached hydrogens (tertiary/aromatic N) is 2. The average Bonchev–Trinajstić information content (AvgIpc) is 2.48. The molecule has 0 saturated heterocycles. The number of nitrogens with two attached hydrogens (primary N) is 1. The van der Waals surface area contributed by atoms with Crippen LogP contribution in [-0.2, 0) is 6.42 Å². The van der Waals surface area contributed by atoms with Gasteiger partial charge in [-0.2, -0.15) is 0 Å². The fourth-order valence-electron chi connectivity index (χ4n) is 2.49. The normalized spacial score (nSPS) is 11.2. The van der Waals surface area contributed by atoms with E-state index in [4.69, 9.17) is 5.73 Å². The van der Waals surface area contributed by atoms with Crippen LogP contribution in [0.2, 0.25) is 0 Å². The van der Waals surface area contributed by atoms with E-state index in [-0.39, 0.29) is 29.9 Å². The zero-order chi connectivity index (χ0) is 17.4. The maximum absolute atomic E-state index is 13.7. The molecule has 0 aliphatic heterocycles. The molecule has 0 atom stereocenters. The fraction of sp³-hybridized carbons (Fsp3) is 0.125. The number of aromatic nitrogens is 2. The van der Waals surface area contributed by atoms with E-state index in [9.17, 15) is 18.0 Å². The van der Waals surface area contributed by atoms with Crippen LogP contribution in [0.5, 0.6) is 0 Å². The summed E-state index contributed by atoms with van der Waals surface area (Å²) >= 11 is 1.88. The Morgan fingerprint density at radius 3 is 2.29 bits per heavy atom. The minimum atomic E-state index is -0.829. The van der Waals surface area contributed by atoms with Gasteiger partial charge >= 0.3 is 0 Å². The first-order chi connectivity index (χ1) is 11.4. The molecule has 0 aliphatic carbocycles. The lowest BCUT2D eigenvalue weighted by atomic mass is 10.2. The second kappa shape index (κ2) is 6.52. The molecule has 3 aromatic rings. The van der Waals surface area contributed by atoms with Crippen LogP contribution in [-0.4, -0.2) is 16.1 Å². The SMILES string of the molecule is NCCc1nc2c(I)cc(F)cc2c(=O)n1-c1cc(F)cc(F)c1. The number of fused-ring (bicyclic) bond motifs is 1. The zero-order valence-corrected chi connectivity index (χ0v) is 14.4. The van der Waals surface area contributed by atoms with Crippen molar-refractivity contribution in [2.45, 2.75) is 6.42 Å². The minimum Gasteiger partial charge on any atom is -0.330 e. The van der Waals surface area contributed by atoms with E-state index in [1.807, 2.05) is 22.6 Å². The largest absolute Gasteiger partial charge is 0.330 e. The number of rotatable bonds is 3. The lowest BCUT2D eigenvalue weighted by Gasteiger charge is -2.14. The number of benzene rings is 2. The molecule has 0 fully saturated rings. The van der Waals surface area contributed by atoms with Gasteiger partial charge in [0.1, 0.15) is 23.3 Å². The highest BCUT2D eigenvalue weighted by Crippen LogP contribution is 2.21. The van der Waals surface area contributed by atoms with Crippen molar-refractivity contribution in [2.24, 2.45) is 5.73 Å². The summed E-state index contributed by atoms with van der Waals surface area (Å²) in [5.74, 6) is -1.99. The van der Waals surface area contributed by atoms with Gasteiger partial charge < -0.3 is 5.73 Å². The predicted molar refractivity (Wildman–Crippen MR) is 92.7 cm³/mol. The third kappa shape index (κ3) is 3.03. The van der Waals surface area contributed by atoms with E-state index < -0.39 is 23.0 Å². The summed E-state index contributed by atoms with van der Waals surface area (Å²) in [6.45, 7) is 0.188. The van der Waals surface area contributed by atoms with Gasteiger partial charge in [0.2, 0.25) is 0 Å². The molecule has 0 saturated carbocycles. The van der Waals surface area contributed by atoms with Crippen LogP contribution < -0.4 is 11.3 Å². The number of hydrogen-bond donors (Lipinski definition) is 1. The van der Waals surface area contributed by atoms with E-state index in [0.29, 0.717) is 15.2 Å². The first-order valence-corrected chi connectivity index (χ1v) is 8.06. The van der Waals surface area contributed by atoms with Crippen molar-refractivity contribution in [2.75, 3.05) is 6.54 Å². The third-order valence-electron chi connectivity index (χ3n) is 3.43. The highest BCUT2D eigenvalue weighted by atomic mass is 127. The van der Waals surface area contributed by atoms with Crippen LogP contribution in [0, 0.1) is 21.0 Å². The smallest absolute Gasteiger partial charge is 0.266 e. The molecule has 0 spiro atoms. The summed E-state index contributed by atoms with van der Waals surface area (Å²) in [7, 11) is 0. The Balaban J connectivity index is 2.43. The van der Waals surface area contributed by atoms with Crippen molar-refractivity contribution in [3.8, 4) is 5.69 Å². The first-order valence-electron chi connectivity index (χ1n) is 6.98. The highest BCUT2D eigenvalue weighted by Gasteiger charge is 2.16. The van der Waals surface area contributed by atoms with Crippen molar-refractivity contribution in [3.63, 3.8) is 0 Å². The predicted octanol–water partition coefficient (Wildman–Crippen LogP) is 2.91. The molecular formula is C16H11F3IN3O. The summed E-state index contributed by atoms with van der Waals surface area (Å²) in [6.07, 6.45) is 0.219. The summed E-state index contributed by atoms with van der Waals surface area (Å²) < 4.78 is 42.3. The van der Waals surface area contributed by atoms with Gasteiger partial charge in [-0.1, -0.05) is 0 Å². The van der Waals surface area contributed by atoms with Crippen LogP contribution in [0.4, 0.5) is 13.2 Å². The van der Waals surface area contributed by atoms with Crippen LogP contribution in [0.25, 0.3) is 16.6 Å². The Bertz CT molecular complexity index is 984. The Morgan fingerprint density at radius 2 is 1.67 bits per heavy atom. The van der Waals surface area contributed by atoms with Gasteiger partial charge in [0.15, 0.2) is 0 Å². The second-order valence-corrected chi connectivity index (χ2v) is 6.28. The molecule has 0 aliphatic rings. The molecule has 0 bridgehead atoms. The Morgan fingerprint density at radius 1 is 1.04 bits per heavy atom. The molecule has 24 heavy (non-hydrogen) atoms. The second-order valence-electron chi connectivity index (χ2n) is 5.12. The van der Waals surface area contributed by atoms with Gasteiger partial charge in [-0.05, 0) is 53.4 Å². The molecule has 1 aromatic heterocycles. The molecule has 8 heteroatoms. The summed E-state index contributed by atoms with van der Waals surface area (Å²) in [6, 6.07) is 5.05. The molecule has 4 nitrogen and oxygen atoms in total. The van der Waals surface area contributed by atoms with E-state index in [0.717, 1.165) is 22.8 Å². The molecule has 0 radical (unpaired) electrons. The highest BCUT2D eigenvalue weighted by molar-refractivity contribution is 14.1. The van der Waals surface area contributed by atoms with Gasteiger partial charge in [-0.3, -0.25) is 9.36 Å². The Hall–Kier alpha value is -1.94. The molecule has 0 unspecified atom stereocenters. The average molecular weight is 445 g/mol. The van der Waals surface area contributed by atoms with Crippen molar-refractivity contribution < 1.29 is 13.2 Å². The Labute approximate surface area is 148 Å². The monoisotopic (exact) mass is 445 g/mol.